The first-order chi connectivity index (χ1) is 9.17. The van der Waals surface area contributed by atoms with Crippen LogP contribution in [0.3, 0.4) is 0 Å². The molecule has 3 heteroatoms. The van der Waals surface area contributed by atoms with E-state index in [0.29, 0.717) is 11.4 Å². The number of aromatic nitrogens is 2. The molecule has 0 radical (unpaired) electrons. The summed E-state index contributed by atoms with van der Waals surface area (Å²) in [5.74, 6) is 0.343. The smallest absolute Gasteiger partial charge is 0.141 e. The summed E-state index contributed by atoms with van der Waals surface area (Å²) in [5, 5.41) is 0. The molecule has 96 valence electrons. The first kappa shape index (κ1) is 11.9. The molecule has 1 aromatic heterocycles. The zero-order valence-corrected chi connectivity index (χ0v) is 11.0. The number of halogens is 1. The molecule has 0 saturated carbocycles. The topological polar surface area (TPSA) is 28.7 Å². The normalized spacial score (nSPS) is 11.1. The van der Waals surface area contributed by atoms with Gasteiger partial charge >= 0.3 is 0 Å². The highest BCUT2D eigenvalue weighted by atomic mass is 19.1. The molecule has 19 heavy (non-hydrogen) atoms. The second kappa shape index (κ2) is 4.50. The summed E-state index contributed by atoms with van der Waals surface area (Å²) in [7, 11) is 0. The zero-order chi connectivity index (χ0) is 13.4. The molecule has 2 aromatic carbocycles. The molecule has 0 unspecified atom stereocenters. The van der Waals surface area contributed by atoms with Gasteiger partial charge in [-0.2, -0.15) is 0 Å². The van der Waals surface area contributed by atoms with E-state index in [2.05, 4.69) is 29.0 Å². The second-order valence-corrected chi connectivity index (χ2v) is 4.77. The fourth-order valence-corrected chi connectivity index (χ4v) is 2.22. The van der Waals surface area contributed by atoms with E-state index < -0.39 is 0 Å². The van der Waals surface area contributed by atoms with Crippen LogP contribution in [-0.2, 0) is 6.42 Å². The largest absolute Gasteiger partial charge is 0.338 e. The Morgan fingerprint density at radius 3 is 2.74 bits per heavy atom. The Morgan fingerprint density at radius 1 is 1.16 bits per heavy atom. The number of aryl methyl sites for hydroxylation is 2. The van der Waals surface area contributed by atoms with Crippen LogP contribution in [0.2, 0.25) is 0 Å². The van der Waals surface area contributed by atoms with Gasteiger partial charge in [-0.15, -0.1) is 0 Å². The van der Waals surface area contributed by atoms with Crippen molar-refractivity contribution in [3.8, 4) is 11.4 Å². The van der Waals surface area contributed by atoms with Crippen LogP contribution < -0.4 is 0 Å². The van der Waals surface area contributed by atoms with Gasteiger partial charge in [0.05, 0.1) is 16.6 Å². The number of hydrogen-bond acceptors (Lipinski definition) is 1. The molecule has 3 aromatic rings. The van der Waals surface area contributed by atoms with Gasteiger partial charge in [0.15, 0.2) is 0 Å². The van der Waals surface area contributed by atoms with Gasteiger partial charge in [0.25, 0.3) is 0 Å². The van der Waals surface area contributed by atoms with E-state index >= 15 is 0 Å². The summed E-state index contributed by atoms with van der Waals surface area (Å²) in [4.78, 5) is 7.65. The summed E-state index contributed by atoms with van der Waals surface area (Å²) < 4.78 is 14.0. The molecule has 0 amide bonds. The molecule has 2 nitrogen and oxygen atoms in total. The van der Waals surface area contributed by atoms with Crippen molar-refractivity contribution in [3.05, 3.63) is 53.3 Å². The number of imidazole rings is 1. The number of nitrogens with zero attached hydrogens (tertiary/aromatic N) is 1. The standard InChI is InChI=1S/C16H15FN2/c1-3-11-5-7-14-15(9-11)19-16(18-14)12-6-4-10(2)8-13(12)17/h4-9H,3H2,1-2H3,(H,18,19). The molecule has 0 saturated heterocycles. The third-order valence-corrected chi connectivity index (χ3v) is 3.33. The van der Waals surface area contributed by atoms with Crippen LogP contribution in [0.5, 0.6) is 0 Å². The molecule has 3 rings (SSSR count). The van der Waals surface area contributed by atoms with E-state index in [-0.39, 0.29) is 5.82 Å². The maximum absolute atomic E-state index is 14.0. The molecule has 0 spiro atoms. The molecule has 0 bridgehead atoms. The molecule has 0 aliphatic rings. The Bertz CT molecular complexity index is 744. The summed E-state index contributed by atoms with van der Waals surface area (Å²) in [5.41, 5.74) is 4.49. The number of fused-ring (bicyclic) bond motifs is 1. The monoisotopic (exact) mass is 254 g/mol. The molecule has 1 heterocycles. The van der Waals surface area contributed by atoms with Gasteiger partial charge in [0.1, 0.15) is 11.6 Å². The first-order valence-corrected chi connectivity index (χ1v) is 6.42. The van der Waals surface area contributed by atoms with Crippen LogP contribution in [0.25, 0.3) is 22.4 Å². The average Bonchev–Trinajstić information content (AvgIpc) is 2.80. The lowest BCUT2D eigenvalue weighted by molar-refractivity contribution is 0.629. The number of nitrogens with one attached hydrogen (secondary N) is 1. The van der Waals surface area contributed by atoms with Crippen molar-refractivity contribution in [1.82, 2.24) is 9.97 Å². The molecule has 0 aliphatic carbocycles. The van der Waals surface area contributed by atoms with E-state index in [4.69, 9.17) is 0 Å². The van der Waals surface area contributed by atoms with Crippen LogP contribution in [0.1, 0.15) is 18.1 Å². The summed E-state index contributed by atoms with van der Waals surface area (Å²) >= 11 is 0. The summed E-state index contributed by atoms with van der Waals surface area (Å²) in [6.07, 6.45) is 0.975. The Balaban J connectivity index is 2.14. The Morgan fingerprint density at radius 2 is 2.00 bits per heavy atom. The van der Waals surface area contributed by atoms with Crippen molar-refractivity contribution in [2.24, 2.45) is 0 Å². The number of H-pyrrole nitrogens is 1. The molecular weight excluding hydrogens is 239 g/mol. The van der Waals surface area contributed by atoms with Gasteiger partial charge in [-0.1, -0.05) is 19.1 Å². The average molecular weight is 254 g/mol. The van der Waals surface area contributed by atoms with Crippen molar-refractivity contribution >= 4 is 11.0 Å². The lowest BCUT2D eigenvalue weighted by Gasteiger charge is -2.00. The number of rotatable bonds is 2. The van der Waals surface area contributed by atoms with Crippen molar-refractivity contribution in [3.63, 3.8) is 0 Å². The van der Waals surface area contributed by atoms with Gasteiger partial charge in [-0.3, -0.25) is 0 Å². The highest BCUT2D eigenvalue weighted by Gasteiger charge is 2.10. The number of aromatic amines is 1. The summed E-state index contributed by atoms with van der Waals surface area (Å²) in [6, 6.07) is 11.3. The van der Waals surface area contributed by atoms with Crippen LogP contribution in [0.15, 0.2) is 36.4 Å². The Labute approximate surface area is 111 Å². The fraction of sp³-hybridized carbons (Fsp3) is 0.188. The predicted octanol–water partition coefficient (Wildman–Crippen LogP) is 4.24. The lowest BCUT2D eigenvalue weighted by Crippen LogP contribution is -1.87. The van der Waals surface area contributed by atoms with Gasteiger partial charge in [-0.25, -0.2) is 9.37 Å². The van der Waals surface area contributed by atoms with E-state index in [1.165, 1.54) is 11.6 Å². The fourth-order valence-electron chi connectivity index (χ4n) is 2.22. The summed E-state index contributed by atoms with van der Waals surface area (Å²) in [6.45, 7) is 3.98. The van der Waals surface area contributed by atoms with E-state index in [9.17, 15) is 4.39 Å². The third-order valence-electron chi connectivity index (χ3n) is 3.33. The molecule has 0 fully saturated rings. The molecule has 0 atom stereocenters. The number of hydrogen-bond donors (Lipinski definition) is 1. The minimum Gasteiger partial charge on any atom is -0.338 e. The second-order valence-electron chi connectivity index (χ2n) is 4.77. The maximum Gasteiger partial charge on any atom is 0.141 e. The highest BCUT2D eigenvalue weighted by Crippen LogP contribution is 2.24. The zero-order valence-electron chi connectivity index (χ0n) is 11.0. The quantitative estimate of drug-likeness (QED) is 0.728. The van der Waals surface area contributed by atoms with Crippen molar-refractivity contribution < 1.29 is 4.39 Å². The van der Waals surface area contributed by atoms with E-state index in [0.717, 1.165) is 23.0 Å². The number of benzene rings is 2. The highest BCUT2D eigenvalue weighted by molar-refractivity contribution is 5.80. The Hall–Kier alpha value is -2.16. The lowest BCUT2D eigenvalue weighted by atomic mass is 10.1. The van der Waals surface area contributed by atoms with Crippen LogP contribution in [-0.4, -0.2) is 9.97 Å². The predicted molar refractivity (Wildman–Crippen MR) is 75.6 cm³/mol. The van der Waals surface area contributed by atoms with E-state index in [1.54, 1.807) is 6.07 Å². The van der Waals surface area contributed by atoms with Gasteiger partial charge in [0.2, 0.25) is 0 Å². The van der Waals surface area contributed by atoms with Crippen molar-refractivity contribution in [2.75, 3.05) is 0 Å². The third kappa shape index (κ3) is 2.12. The van der Waals surface area contributed by atoms with Gasteiger partial charge in [0, 0.05) is 0 Å². The maximum atomic E-state index is 14.0. The van der Waals surface area contributed by atoms with Crippen molar-refractivity contribution in [1.29, 1.82) is 0 Å². The van der Waals surface area contributed by atoms with Crippen LogP contribution in [0, 0.1) is 12.7 Å². The molecular formula is C16H15FN2. The van der Waals surface area contributed by atoms with E-state index in [1.807, 2.05) is 19.1 Å². The minimum absolute atomic E-state index is 0.241. The van der Waals surface area contributed by atoms with Gasteiger partial charge in [-0.05, 0) is 48.7 Å². The van der Waals surface area contributed by atoms with Crippen LogP contribution in [0.4, 0.5) is 4.39 Å². The van der Waals surface area contributed by atoms with Crippen molar-refractivity contribution in [2.45, 2.75) is 20.3 Å². The minimum atomic E-state index is -0.241. The van der Waals surface area contributed by atoms with Gasteiger partial charge < -0.3 is 4.98 Å². The molecule has 0 aliphatic heterocycles. The molecule has 1 N–H and O–H groups in total. The van der Waals surface area contributed by atoms with Crippen LogP contribution >= 0.6 is 0 Å². The first-order valence-electron chi connectivity index (χ1n) is 6.42. The SMILES string of the molecule is CCc1ccc2nc(-c3ccc(C)cc3F)[nH]c2c1. The Kier molecular flexibility index (Phi) is 2.82.